The molecule has 8 heteroatoms. The van der Waals surface area contributed by atoms with E-state index in [2.05, 4.69) is 11.2 Å². The molecule has 0 bridgehead atoms. The van der Waals surface area contributed by atoms with Crippen LogP contribution in [0, 0.1) is 12.3 Å². The van der Waals surface area contributed by atoms with E-state index < -0.39 is 36.4 Å². The smallest absolute Gasteiger partial charge is 0.309 e. The largest absolute Gasteiger partial charge is 0.452 e. The number of hydrogen-bond donors (Lipinski definition) is 1. The Bertz CT molecular complexity index is 1280. The van der Waals surface area contributed by atoms with Crippen LogP contribution < -0.4 is 5.32 Å². The molecule has 0 spiro atoms. The first-order valence-corrected chi connectivity index (χ1v) is 14.0. The lowest BCUT2D eigenvalue weighted by atomic mass is 9.90. The summed E-state index contributed by atoms with van der Waals surface area (Å²) in [6.07, 6.45) is 2.42. The number of amides is 1. The highest BCUT2D eigenvalue weighted by molar-refractivity contribution is 5.74. The number of carbonyl (C=O) groups is 2. The Morgan fingerprint density at radius 2 is 1.31 bits per heavy atom. The van der Waals surface area contributed by atoms with Crippen LogP contribution in [0.5, 0.6) is 0 Å². The van der Waals surface area contributed by atoms with Crippen molar-refractivity contribution in [1.29, 1.82) is 0 Å². The molecular formula is C34H37NO7. The van der Waals surface area contributed by atoms with Gasteiger partial charge in [-0.15, -0.1) is 6.42 Å². The van der Waals surface area contributed by atoms with Crippen molar-refractivity contribution in [3.8, 4) is 12.3 Å². The van der Waals surface area contributed by atoms with Gasteiger partial charge in [-0.3, -0.25) is 9.59 Å². The summed E-state index contributed by atoms with van der Waals surface area (Å²) >= 11 is 0. The molecule has 1 N–H and O–H groups in total. The lowest BCUT2D eigenvalue weighted by molar-refractivity contribution is -0.234. The molecule has 3 unspecified atom stereocenters. The Kier molecular flexibility index (Phi) is 12.1. The number of nitrogens with one attached hydrogen (secondary N) is 1. The Balaban J connectivity index is 1.62. The molecule has 1 fully saturated rings. The fraction of sp³-hybridized carbons (Fsp3) is 0.353. The minimum Gasteiger partial charge on any atom is -0.452 e. The van der Waals surface area contributed by atoms with E-state index in [0.717, 1.165) is 16.7 Å². The summed E-state index contributed by atoms with van der Waals surface area (Å²) in [5, 5.41) is 2.95. The van der Waals surface area contributed by atoms with Crippen LogP contribution in [-0.4, -0.2) is 55.5 Å². The average Bonchev–Trinajstić information content (AvgIpc) is 3.01. The lowest BCUT2D eigenvalue weighted by Gasteiger charge is -2.46. The normalized spacial score (nSPS) is 21.7. The highest BCUT2D eigenvalue weighted by Crippen LogP contribution is 2.30. The van der Waals surface area contributed by atoms with Gasteiger partial charge in [0.1, 0.15) is 18.3 Å². The van der Waals surface area contributed by atoms with Gasteiger partial charge in [0.2, 0.25) is 5.91 Å². The van der Waals surface area contributed by atoms with Crippen LogP contribution in [0.1, 0.15) is 30.0 Å². The maximum Gasteiger partial charge on any atom is 0.309 e. The zero-order chi connectivity index (χ0) is 29.6. The monoisotopic (exact) mass is 571 g/mol. The van der Waals surface area contributed by atoms with Crippen molar-refractivity contribution >= 4 is 11.9 Å². The number of carbonyl (C=O) groups excluding carboxylic acids is 2. The maximum atomic E-state index is 12.7. The van der Waals surface area contributed by atoms with Gasteiger partial charge in [0, 0.05) is 6.92 Å². The van der Waals surface area contributed by atoms with Crippen LogP contribution in [0.25, 0.3) is 0 Å². The summed E-state index contributed by atoms with van der Waals surface area (Å²) in [5.41, 5.74) is 2.94. The summed E-state index contributed by atoms with van der Waals surface area (Å²) in [7, 11) is 0. The first kappa shape index (κ1) is 30.9. The van der Waals surface area contributed by atoms with Gasteiger partial charge in [-0.05, 0) is 16.7 Å². The molecule has 5 atom stereocenters. The molecule has 220 valence electrons. The second-order valence-electron chi connectivity index (χ2n) is 10.0. The van der Waals surface area contributed by atoms with Crippen LogP contribution >= 0.6 is 0 Å². The van der Waals surface area contributed by atoms with Gasteiger partial charge in [0.15, 0.2) is 6.61 Å². The molecule has 0 aliphatic carbocycles. The van der Waals surface area contributed by atoms with Crippen molar-refractivity contribution in [2.24, 2.45) is 0 Å². The second kappa shape index (κ2) is 16.4. The summed E-state index contributed by atoms with van der Waals surface area (Å²) < 4.78 is 30.7. The number of ether oxygens (including phenoxy) is 5. The first-order valence-electron chi connectivity index (χ1n) is 14.0. The van der Waals surface area contributed by atoms with Crippen LogP contribution in [0.2, 0.25) is 0 Å². The molecule has 3 aromatic rings. The second-order valence-corrected chi connectivity index (χ2v) is 10.0. The fourth-order valence-electron chi connectivity index (χ4n) is 4.88. The van der Waals surface area contributed by atoms with Crippen molar-refractivity contribution in [2.45, 2.75) is 63.6 Å². The lowest BCUT2D eigenvalue weighted by Crippen LogP contribution is -2.65. The topological polar surface area (TPSA) is 92.3 Å². The van der Waals surface area contributed by atoms with E-state index in [1.54, 1.807) is 0 Å². The van der Waals surface area contributed by atoms with Gasteiger partial charge < -0.3 is 29.0 Å². The van der Waals surface area contributed by atoms with Crippen molar-refractivity contribution < 1.29 is 33.3 Å². The van der Waals surface area contributed by atoms with Gasteiger partial charge in [0.05, 0.1) is 45.0 Å². The molecule has 1 aliphatic heterocycles. The standard InChI is InChI=1S/C34H37NO7/c1-3-19-39-31(37)20-29-32(35-25(2)36)34(41-23-28-17-11-6-12-18-28)33(40-22-27-15-9-5-10-16-27)30(42-29)24-38-21-26-13-7-4-8-14-26/h1,4-18,29-30,32-34H,19-24H2,2H3,(H,35,36)/t29-,30?,32?,33-,34?/m1/s1. The third kappa shape index (κ3) is 9.54. The highest BCUT2D eigenvalue weighted by atomic mass is 16.6. The molecule has 4 rings (SSSR count). The predicted molar refractivity (Wildman–Crippen MR) is 157 cm³/mol. The Labute approximate surface area is 247 Å². The third-order valence-electron chi connectivity index (χ3n) is 6.81. The molecule has 1 aliphatic rings. The van der Waals surface area contributed by atoms with Crippen LogP contribution in [-0.2, 0) is 53.1 Å². The highest BCUT2D eigenvalue weighted by Gasteiger charge is 2.48. The third-order valence-corrected chi connectivity index (χ3v) is 6.81. The van der Waals surface area contributed by atoms with E-state index in [0.29, 0.717) is 6.61 Å². The van der Waals surface area contributed by atoms with E-state index in [4.69, 9.17) is 30.1 Å². The first-order chi connectivity index (χ1) is 20.5. The number of terminal acetylenes is 1. The number of esters is 1. The molecule has 1 saturated heterocycles. The van der Waals surface area contributed by atoms with E-state index in [-0.39, 0.29) is 38.8 Å². The molecule has 3 aromatic carbocycles. The molecule has 1 amide bonds. The number of hydrogen-bond acceptors (Lipinski definition) is 7. The Morgan fingerprint density at radius 3 is 1.83 bits per heavy atom. The summed E-state index contributed by atoms with van der Waals surface area (Å²) in [5.74, 6) is 1.47. The molecule has 42 heavy (non-hydrogen) atoms. The van der Waals surface area contributed by atoms with Gasteiger partial charge in [0.25, 0.3) is 0 Å². The van der Waals surface area contributed by atoms with Crippen molar-refractivity contribution in [1.82, 2.24) is 5.32 Å². The zero-order valence-electron chi connectivity index (χ0n) is 23.7. The van der Waals surface area contributed by atoms with Crippen LogP contribution in [0.15, 0.2) is 91.0 Å². The zero-order valence-corrected chi connectivity index (χ0v) is 23.7. The number of rotatable bonds is 14. The minimum atomic E-state index is -0.776. The van der Waals surface area contributed by atoms with Crippen molar-refractivity contribution in [3.63, 3.8) is 0 Å². The van der Waals surface area contributed by atoms with E-state index in [1.165, 1.54) is 6.92 Å². The van der Waals surface area contributed by atoms with Gasteiger partial charge in [-0.1, -0.05) is 96.9 Å². The number of benzene rings is 3. The molecule has 8 nitrogen and oxygen atoms in total. The van der Waals surface area contributed by atoms with Crippen LogP contribution in [0.3, 0.4) is 0 Å². The van der Waals surface area contributed by atoms with Crippen molar-refractivity contribution in [3.05, 3.63) is 108 Å². The molecule has 0 radical (unpaired) electrons. The Hall–Kier alpha value is -4.00. The molecule has 0 aromatic heterocycles. The van der Waals surface area contributed by atoms with Crippen LogP contribution in [0.4, 0.5) is 0 Å². The molecular weight excluding hydrogens is 534 g/mol. The van der Waals surface area contributed by atoms with Gasteiger partial charge in [-0.2, -0.15) is 0 Å². The minimum absolute atomic E-state index is 0.140. The fourth-order valence-corrected chi connectivity index (χ4v) is 4.88. The summed E-state index contributed by atoms with van der Waals surface area (Å²) in [6, 6.07) is 28.6. The SMILES string of the molecule is C#CCOC(=O)C[C@H]1OC(COCc2ccccc2)[C@@H](OCc2ccccc2)C(OCc2ccccc2)C1NC(C)=O. The van der Waals surface area contributed by atoms with Crippen molar-refractivity contribution in [2.75, 3.05) is 13.2 Å². The Morgan fingerprint density at radius 1 is 0.786 bits per heavy atom. The van der Waals surface area contributed by atoms with E-state index in [1.807, 2.05) is 91.0 Å². The average molecular weight is 572 g/mol. The van der Waals surface area contributed by atoms with E-state index in [9.17, 15) is 9.59 Å². The predicted octanol–water partition coefficient (Wildman–Crippen LogP) is 4.21. The quantitative estimate of drug-likeness (QED) is 0.229. The van der Waals surface area contributed by atoms with Gasteiger partial charge >= 0.3 is 5.97 Å². The maximum absolute atomic E-state index is 12.7. The summed E-state index contributed by atoms with van der Waals surface area (Å²) in [4.78, 5) is 25.1. The molecule has 0 saturated carbocycles. The summed E-state index contributed by atoms with van der Waals surface area (Å²) in [6.45, 7) is 2.34. The van der Waals surface area contributed by atoms with Gasteiger partial charge in [-0.25, -0.2) is 0 Å². The van der Waals surface area contributed by atoms with E-state index >= 15 is 0 Å². The molecule has 1 heterocycles.